The molecule has 0 saturated heterocycles. The van der Waals surface area contributed by atoms with Crippen LogP contribution in [-0.2, 0) is 14.4 Å². The minimum absolute atomic E-state index is 0.101. The Morgan fingerprint density at radius 2 is 1.85 bits per heavy atom. The number of ether oxygens (including phenoxy) is 2. The average molecular weight is 470 g/mol. The Kier molecular flexibility index (Phi) is 7.31. The third-order valence-corrected chi connectivity index (χ3v) is 4.92. The second-order valence-corrected chi connectivity index (χ2v) is 7.47. The maximum absolute atomic E-state index is 12.4. The van der Waals surface area contributed by atoms with Crippen molar-refractivity contribution in [3.8, 4) is 11.5 Å². The van der Waals surface area contributed by atoms with E-state index in [2.05, 4.69) is 10.6 Å². The minimum Gasteiger partial charge on any atom is -0.492 e. The van der Waals surface area contributed by atoms with Gasteiger partial charge in [-0.15, -0.1) is 0 Å². The molecule has 0 aromatic heterocycles. The van der Waals surface area contributed by atoms with Gasteiger partial charge in [0.25, 0.3) is 0 Å². The van der Waals surface area contributed by atoms with E-state index in [1.807, 2.05) is 0 Å². The summed E-state index contributed by atoms with van der Waals surface area (Å²) >= 11 is 0. The van der Waals surface area contributed by atoms with Gasteiger partial charge in [0.05, 0.1) is 18.6 Å². The molecule has 1 aliphatic rings. The summed E-state index contributed by atoms with van der Waals surface area (Å²) in [5, 5.41) is 29.8. The van der Waals surface area contributed by atoms with Crippen LogP contribution in [0.1, 0.15) is 34.7 Å². The highest BCUT2D eigenvalue weighted by Crippen LogP contribution is 2.38. The van der Waals surface area contributed by atoms with Gasteiger partial charge in [0, 0.05) is 29.7 Å². The molecular formula is C22H22N4O8. The van der Waals surface area contributed by atoms with Crippen LogP contribution in [0.15, 0.2) is 42.5 Å². The lowest BCUT2D eigenvalue weighted by atomic mass is 9.97. The van der Waals surface area contributed by atoms with Crippen molar-refractivity contribution >= 4 is 35.5 Å². The molecule has 0 radical (unpaired) electrons. The smallest absolute Gasteiger partial charge is 0.343 e. The van der Waals surface area contributed by atoms with Gasteiger partial charge in [0.15, 0.2) is 5.96 Å². The Morgan fingerprint density at radius 3 is 2.47 bits per heavy atom. The number of fused-ring (bicyclic) bond motifs is 1. The van der Waals surface area contributed by atoms with Crippen molar-refractivity contribution in [3.63, 3.8) is 0 Å². The number of nitrogens with one attached hydrogen (secondary N) is 3. The molecule has 1 aliphatic heterocycles. The quantitative estimate of drug-likeness (QED) is 0.133. The molecule has 12 nitrogen and oxygen atoms in total. The molecule has 34 heavy (non-hydrogen) atoms. The Bertz CT molecular complexity index is 1130. The number of carbonyl (C=O) groups excluding carboxylic acids is 2. The number of benzene rings is 2. The van der Waals surface area contributed by atoms with E-state index in [1.165, 1.54) is 18.2 Å². The Morgan fingerprint density at radius 1 is 1.15 bits per heavy atom. The number of hydrogen-bond donors (Lipinski definition) is 6. The van der Waals surface area contributed by atoms with Gasteiger partial charge >= 0.3 is 17.9 Å². The lowest BCUT2D eigenvalue weighted by Crippen LogP contribution is -2.42. The molecule has 0 bridgehead atoms. The van der Waals surface area contributed by atoms with Crippen LogP contribution in [0.5, 0.6) is 11.5 Å². The number of rotatable bonds is 9. The largest absolute Gasteiger partial charge is 0.492 e. The number of hydrogen-bond acceptors (Lipinski definition) is 7. The summed E-state index contributed by atoms with van der Waals surface area (Å²) in [6.45, 7) is 0.154. The van der Waals surface area contributed by atoms with Crippen LogP contribution < -0.4 is 25.8 Å². The second-order valence-electron chi connectivity index (χ2n) is 7.47. The van der Waals surface area contributed by atoms with Gasteiger partial charge in [0.1, 0.15) is 17.5 Å². The first-order valence-corrected chi connectivity index (χ1v) is 10.1. The monoisotopic (exact) mass is 470 g/mol. The highest BCUT2D eigenvalue weighted by molar-refractivity contribution is 5.93. The fourth-order valence-corrected chi connectivity index (χ4v) is 3.35. The van der Waals surface area contributed by atoms with Crippen molar-refractivity contribution in [2.24, 2.45) is 5.73 Å². The molecule has 12 heteroatoms. The summed E-state index contributed by atoms with van der Waals surface area (Å²) in [6.07, 6.45) is -0.834. The normalized spacial score (nSPS) is 14.8. The van der Waals surface area contributed by atoms with Crippen molar-refractivity contribution < 1.29 is 38.9 Å². The number of nitrogens with two attached hydrogens (primary N) is 1. The Labute approximate surface area is 193 Å². The van der Waals surface area contributed by atoms with Crippen LogP contribution in [0.4, 0.5) is 5.69 Å². The molecule has 1 heterocycles. The number of esters is 1. The first kappa shape index (κ1) is 24.0. The van der Waals surface area contributed by atoms with Crippen LogP contribution in [0.25, 0.3) is 0 Å². The lowest BCUT2D eigenvalue weighted by Gasteiger charge is -2.14. The third kappa shape index (κ3) is 6.22. The number of aliphatic carboxylic acids is 2. The summed E-state index contributed by atoms with van der Waals surface area (Å²) in [4.78, 5) is 46.5. The molecule has 2 atom stereocenters. The average Bonchev–Trinajstić information content (AvgIpc) is 3.14. The van der Waals surface area contributed by atoms with E-state index in [9.17, 15) is 19.2 Å². The fraction of sp³-hybridized carbons (Fsp3) is 0.227. The molecule has 0 unspecified atom stereocenters. The first-order valence-electron chi connectivity index (χ1n) is 10.1. The third-order valence-electron chi connectivity index (χ3n) is 4.92. The molecule has 0 saturated carbocycles. The fourth-order valence-electron chi connectivity index (χ4n) is 3.35. The minimum atomic E-state index is -1.53. The molecule has 178 valence electrons. The molecule has 0 fully saturated rings. The second kappa shape index (κ2) is 10.3. The van der Waals surface area contributed by atoms with Crippen LogP contribution in [0.2, 0.25) is 0 Å². The van der Waals surface area contributed by atoms with Gasteiger partial charge in [-0.25, -0.2) is 9.59 Å². The standard InChI is InChI=1S/C22H22N4O8/c23-22(24)25-13-3-1-11(2-4-13)21(32)34-14-5-6-15-12(10-33-17(15)8-14)7-18(27)26-16(20(30)31)9-19(28)29/h1-6,8,12,16H,7,9-10H2,(H,26,27)(H,28,29)(H,30,31)(H4,23,24,25)/t12-,16-/m1/s1. The summed E-state index contributed by atoms with van der Waals surface area (Å²) < 4.78 is 11.0. The molecular weight excluding hydrogens is 448 g/mol. The van der Waals surface area contributed by atoms with E-state index in [0.29, 0.717) is 17.0 Å². The van der Waals surface area contributed by atoms with Crippen LogP contribution in [0, 0.1) is 5.41 Å². The van der Waals surface area contributed by atoms with Gasteiger partial charge in [-0.05, 0) is 30.3 Å². The van der Waals surface area contributed by atoms with Crippen LogP contribution in [0.3, 0.4) is 0 Å². The predicted octanol–water partition coefficient (Wildman–Crippen LogP) is 1.12. The van der Waals surface area contributed by atoms with E-state index >= 15 is 0 Å². The van der Waals surface area contributed by atoms with Crippen molar-refractivity contribution in [2.75, 3.05) is 11.9 Å². The van der Waals surface area contributed by atoms with Gasteiger partial charge < -0.3 is 36.1 Å². The number of carbonyl (C=O) groups is 4. The molecule has 3 rings (SSSR count). The van der Waals surface area contributed by atoms with E-state index < -0.39 is 36.3 Å². The zero-order chi connectivity index (χ0) is 24.8. The van der Waals surface area contributed by atoms with Gasteiger partial charge in [-0.1, -0.05) is 6.07 Å². The van der Waals surface area contributed by atoms with Gasteiger partial charge in [0.2, 0.25) is 5.91 Å². The number of anilines is 1. The summed E-state index contributed by atoms with van der Waals surface area (Å²) in [5.41, 5.74) is 6.76. The summed E-state index contributed by atoms with van der Waals surface area (Å²) in [6, 6.07) is 9.36. The molecule has 0 spiro atoms. The number of carboxylic acid groups (broad SMARTS) is 2. The maximum atomic E-state index is 12.4. The number of amides is 1. The maximum Gasteiger partial charge on any atom is 0.343 e. The highest BCUT2D eigenvalue weighted by atomic mass is 16.5. The summed E-state index contributed by atoms with van der Waals surface area (Å²) in [7, 11) is 0. The molecule has 2 aromatic rings. The Hall–Kier alpha value is -4.61. The SMILES string of the molecule is N=C(N)Nc1ccc(C(=O)Oc2ccc3c(c2)OC[C@H]3CC(=O)N[C@H](CC(=O)O)C(=O)O)cc1. The zero-order valence-corrected chi connectivity index (χ0v) is 17.7. The van der Waals surface area contributed by atoms with E-state index in [-0.39, 0.29) is 36.2 Å². The lowest BCUT2D eigenvalue weighted by molar-refractivity contribution is -0.147. The topological polar surface area (TPSA) is 201 Å². The van der Waals surface area contributed by atoms with E-state index in [1.54, 1.807) is 24.3 Å². The van der Waals surface area contributed by atoms with Crippen molar-refractivity contribution in [1.82, 2.24) is 5.32 Å². The van der Waals surface area contributed by atoms with Crippen LogP contribution >= 0.6 is 0 Å². The summed E-state index contributed by atoms with van der Waals surface area (Å²) in [5.74, 6) is -3.96. The van der Waals surface area contributed by atoms with E-state index in [0.717, 1.165) is 0 Å². The van der Waals surface area contributed by atoms with Crippen molar-refractivity contribution in [3.05, 3.63) is 53.6 Å². The van der Waals surface area contributed by atoms with Gasteiger partial charge in [-0.3, -0.25) is 15.0 Å². The first-order chi connectivity index (χ1) is 16.1. The number of guanidine groups is 1. The van der Waals surface area contributed by atoms with Crippen LogP contribution in [-0.4, -0.2) is 52.6 Å². The molecule has 1 amide bonds. The van der Waals surface area contributed by atoms with Crippen molar-refractivity contribution in [2.45, 2.75) is 24.8 Å². The van der Waals surface area contributed by atoms with E-state index in [4.69, 9.17) is 30.8 Å². The molecule has 0 aliphatic carbocycles. The van der Waals surface area contributed by atoms with Crippen molar-refractivity contribution in [1.29, 1.82) is 5.41 Å². The Balaban J connectivity index is 1.61. The predicted molar refractivity (Wildman–Crippen MR) is 118 cm³/mol. The highest BCUT2D eigenvalue weighted by Gasteiger charge is 2.29. The molecule has 2 aromatic carbocycles. The molecule has 7 N–H and O–H groups in total. The zero-order valence-electron chi connectivity index (χ0n) is 17.7. The number of carboxylic acids is 2. The van der Waals surface area contributed by atoms with Gasteiger partial charge in [-0.2, -0.15) is 0 Å².